The molecule has 186 valence electrons. The van der Waals surface area contributed by atoms with E-state index < -0.39 is 9.92 Å². The molecule has 1 fully saturated rings. The number of fused-ring (bicyclic) bond motifs is 1. The smallest absolute Gasteiger partial charge is 0.290 e. The molecule has 0 aliphatic heterocycles. The van der Waals surface area contributed by atoms with Gasteiger partial charge in [0, 0.05) is 29.3 Å². The number of H-pyrrole nitrogens is 1. The van der Waals surface area contributed by atoms with Crippen LogP contribution in [0.4, 0.5) is 5.82 Å². The number of nitrogens with two attached hydrogens (primary N) is 1. The molecule has 11 nitrogen and oxygen atoms in total. The van der Waals surface area contributed by atoms with E-state index in [0.29, 0.717) is 53.9 Å². The van der Waals surface area contributed by atoms with Crippen molar-refractivity contribution in [2.24, 2.45) is 0 Å². The molecule has 3 aromatic heterocycles. The number of nitrogens with zero attached hydrogens (tertiary/aromatic N) is 4. The van der Waals surface area contributed by atoms with Crippen LogP contribution in [0.15, 0.2) is 65.4 Å². The predicted molar refractivity (Wildman–Crippen MR) is 138 cm³/mol. The predicted octanol–water partition coefficient (Wildman–Crippen LogP) is 3.73. The first kappa shape index (κ1) is 23.7. The Bertz CT molecular complexity index is 1550. The van der Waals surface area contributed by atoms with E-state index in [4.69, 9.17) is 20.3 Å². The van der Waals surface area contributed by atoms with E-state index in [1.165, 1.54) is 0 Å². The Labute approximate surface area is 207 Å². The Morgan fingerprint density at radius 1 is 1.19 bits per heavy atom. The molecule has 0 saturated heterocycles. The van der Waals surface area contributed by atoms with Crippen molar-refractivity contribution in [2.45, 2.75) is 37.8 Å². The largest absolute Gasteiger partial charge is 0.439 e. The van der Waals surface area contributed by atoms with Gasteiger partial charge in [-0.15, -0.1) is 0 Å². The van der Waals surface area contributed by atoms with Crippen LogP contribution in [0, 0.1) is 4.78 Å². The van der Waals surface area contributed by atoms with Crippen LogP contribution in [-0.4, -0.2) is 35.2 Å². The van der Waals surface area contributed by atoms with E-state index in [1.807, 2.05) is 24.3 Å². The summed E-state index contributed by atoms with van der Waals surface area (Å²) in [5.41, 5.74) is 7.54. The fourth-order valence-corrected chi connectivity index (χ4v) is 5.35. The van der Waals surface area contributed by atoms with Gasteiger partial charge in [0.2, 0.25) is 5.88 Å². The lowest BCUT2D eigenvalue weighted by molar-refractivity contribution is 0.301. The van der Waals surface area contributed by atoms with E-state index in [9.17, 15) is 9.00 Å². The molecule has 12 heteroatoms. The molecule has 3 heterocycles. The summed E-state index contributed by atoms with van der Waals surface area (Å²) in [6, 6.07) is 12.6. The van der Waals surface area contributed by atoms with Crippen LogP contribution in [-0.2, 0) is 9.92 Å². The Kier molecular flexibility index (Phi) is 6.29. The average molecular weight is 507 g/mol. The number of anilines is 1. The molecule has 1 aromatic carbocycles. The third kappa shape index (κ3) is 4.72. The van der Waals surface area contributed by atoms with Gasteiger partial charge in [-0.3, -0.25) is 9.48 Å². The molecule has 1 unspecified atom stereocenters. The molecule has 0 bridgehead atoms. The summed E-state index contributed by atoms with van der Waals surface area (Å²) in [6.45, 7) is 3.46. The molecule has 1 atom stereocenters. The lowest BCUT2D eigenvalue weighted by Gasteiger charge is -2.29. The van der Waals surface area contributed by atoms with Gasteiger partial charge in [0.25, 0.3) is 5.56 Å². The minimum absolute atomic E-state index is 0.0560. The van der Waals surface area contributed by atoms with Crippen LogP contribution in [0.1, 0.15) is 31.7 Å². The second-order valence-corrected chi connectivity index (χ2v) is 10.4. The van der Waals surface area contributed by atoms with Crippen LogP contribution in [0.3, 0.4) is 0 Å². The van der Waals surface area contributed by atoms with Gasteiger partial charge in [-0.05, 0) is 56.0 Å². The number of rotatable bonds is 7. The molecule has 4 aromatic rings. The molecular weight excluding hydrogens is 480 g/mol. The number of aromatic amines is 1. The maximum Gasteiger partial charge on any atom is 0.290 e. The Balaban J connectivity index is 1.46. The van der Waals surface area contributed by atoms with E-state index in [-0.39, 0.29) is 23.5 Å². The van der Waals surface area contributed by atoms with Crippen LogP contribution in [0.25, 0.3) is 22.2 Å². The van der Waals surface area contributed by atoms with Gasteiger partial charge in [-0.2, -0.15) is 10.2 Å². The fraction of sp³-hybridized carbons (Fsp3) is 0.250. The lowest BCUT2D eigenvalue weighted by Crippen LogP contribution is -2.36. The van der Waals surface area contributed by atoms with Crippen molar-refractivity contribution in [2.75, 3.05) is 5.73 Å². The number of nitrogens with one attached hydrogen (secondary N) is 3. The maximum atomic E-state index is 12.8. The van der Waals surface area contributed by atoms with Crippen LogP contribution in [0.2, 0.25) is 0 Å². The minimum atomic E-state index is -3.01. The van der Waals surface area contributed by atoms with E-state index in [2.05, 4.69) is 26.5 Å². The van der Waals surface area contributed by atoms with Crippen molar-refractivity contribution in [3.8, 4) is 22.9 Å². The van der Waals surface area contributed by atoms with Crippen molar-refractivity contribution >= 4 is 26.6 Å². The van der Waals surface area contributed by atoms with Crippen LogP contribution >= 0.6 is 0 Å². The number of benzene rings is 1. The first-order valence-electron chi connectivity index (χ1n) is 11.5. The highest BCUT2D eigenvalue weighted by molar-refractivity contribution is 7.93. The van der Waals surface area contributed by atoms with Crippen molar-refractivity contribution in [1.29, 1.82) is 4.78 Å². The lowest BCUT2D eigenvalue weighted by atomic mass is 9.92. The van der Waals surface area contributed by atoms with E-state index in [1.54, 1.807) is 29.1 Å². The van der Waals surface area contributed by atoms with Crippen molar-refractivity contribution in [3.63, 3.8) is 0 Å². The number of nitrogen functional groups attached to an aromatic ring is 1. The van der Waals surface area contributed by atoms with E-state index in [0.717, 1.165) is 11.0 Å². The van der Waals surface area contributed by atoms with Gasteiger partial charge in [0.05, 0.1) is 11.4 Å². The summed E-state index contributed by atoms with van der Waals surface area (Å²) in [6.07, 6.45) is 4.41. The molecule has 0 amide bonds. The van der Waals surface area contributed by atoms with Crippen molar-refractivity contribution in [3.05, 3.63) is 71.0 Å². The second-order valence-electron chi connectivity index (χ2n) is 8.64. The topological polar surface area (TPSA) is 165 Å². The van der Waals surface area contributed by atoms with Crippen molar-refractivity contribution < 1.29 is 8.95 Å². The van der Waals surface area contributed by atoms with Gasteiger partial charge in [-0.25, -0.2) is 23.8 Å². The Morgan fingerprint density at radius 3 is 2.61 bits per heavy atom. The minimum Gasteiger partial charge on any atom is -0.439 e. The van der Waals surface area contributed by atoms with Gasteiger partial charge in [-0.1, -0.05) is 12.6 Å². The summed E-state index contributed by atoms with van der Waals surface area (Å²) in [7, 11) is -3.01. The molecule has 0 radical (unpaired) electrons. The Morgan fingerprint density at radius 2 is 1.94 bits per heavy atom. The third-order valence-corrected chi connectivity index (χ3v) is 7.42. The van der Waals surface area contributed by atoms with Gasteiger partial charge in [0.15, 0.2) is 5.82 Å². The quantitative estimate of drug-likeness (QED) is 0.296. The summed E-state index contributed by atoms with van der Waals surface area (Å²) in [4.78, 5) is 17.0. The number of aromatic nitrogens is 5. The van der Waals surface area contributed by atoms with Gasteiger partial charge >= 0.3 is 0 Å². The molecule has 5 rings (SSSR count). The zero-order valence-electron chi connectivity index (χ0n) is 19.4. The second kappa shape index (κ2) is 9.55. The zero-order chi connectivity index (χ0) is 25.3. The highest BCUT2D eigenvalue weighted by Crippen LogP contribution is 2.36. The molecule has 1 aliphatic carbocycles. The van der Waals surface area contributed by atoms with Gasteiger partial charge < -0.3 is 10.5 Å². The molecule has 1 aliphatic rings. The summed E-state index contributed by atoms with van der Waals surface area (Å²) < 4.78 is 30.2. The number of ether oxygens (including phenoxy) is 1. The fourth-order valence-electron chi connectivity index (χ4n) is 4.52. The van der Waals surface area contributed by atoms with E-state index >= 15 is 0 Å². The molecular formula is C24H26N8O3S. The van der Waals surface area contributed by atoms with Crippen LogP contribution in [0.5, 0.6) is 11.6 Å². The summed E-state index contributed by atoms with van der Waals surface area (Å²) in [5, 5.41) is 12.9. The SMILES string of the molecule is C=CS(=N)(=O)NC1CCC(n2nc(-c3ccc(Oc4ccccn4)cc3)c3c(N)n[nH]c(=O)c32)CC1. The number of hydrogen-bond acceptors (Lipinski definition) is 8. The van der Waals surface area contributed by atoms with Gasteiger partial charge in [0.1, 0.15) is 26.9 Å². The molecule has 1 saturated carbocycles. The Hall–Kier alpha value is -4.03. The maximum absolute atomic E-state index is 12.8. The highest BCUT2D eigenvalue weighted by Gasteiger charge is 2.28. The first-order chi connectivity index (χ1) is 17.3. The summed E-state index contributed by atoms with van der Waals surface area (Å²) >= 11 is 0. The standard InChI is InChI=1S/C24H26N8O3S/c1-2-36(26,34)31-16-8-10-17(11-9-16)32-22-20(23(25)28-29-24(22)33)21(30-32)15-6-12-18(13-7-15)35-19-5-3-4-14-27-19/h2-7,12-14,16-17H,1,8-11H2,(H2,25,28)(H,29,33)(H2,26,31,34). The number of hydrogen-bond donors (Lipinski definition) is 4. The molecule has 0 spiro atoms. The summed E-state index contributed by atoms with van der Waals surface area (Å²) in [5.74, 6) is 1.29. The number of pyridine rings is 1. The normalized spacial score (nSPS) is 19.6. The first-order valence-corrected chi connectivity index (χ1v) is 13.1. The molecule has 36 heavy (non-hydrogen) atoms. The monoisotopic (exact) mass is 506 g/mol. The molecule has 5 N–H and O–H groups in total. The average Bonchev–Trinajstić information content (AvgIpc) is 3.30. The van der Waals surface area contributed by atoms with Crippen LogP contribution < -0.4 is 20.8 Å². The third-order valence-electron chi connectivity index (χ3n) is 6.27. The van der Waals surface area contributed by atoms with Crippen molar-refractivity contribution in [1.82, 2.24) is 29.7 Å². The zero-order valence-corrected chi connectivity index (χ0v) is 20.2. The highest BCUT2D eigenvalue weighted by atomic mass is 32.2.